The van der Waals surface area contributed by atoms with E-state index in [9.17, 15) is 21.6 Å². The van der Waals surface area contributed by atoms with E-state index in [1.54, 1.807) is 4.72 Å². The van der Waals surface area contributed by atoms with Gasteiger partial charge < -0.3 is 0 Å². The molecule has 0 bridgehead atoms. The largest absolute Gasteiger partial charge is 0.511 e. The summed E-state index contributed by atoms with van der Waals surface area (Å²) < 4.78 is 60.6. The fourth-order valence-electron chi connectivity index (χ4n) is 2.21. The second-order valence-corrected chi connectivity index (χ2v) is 6.75. The van der Waals surface area contributed by atoms with Gasteiger partial charge in [0.05, 0.1) is 0 Å². The van der Waals surface area contributed by atoms with E-state index in [1.165, 1.54) is 6.92 Å². The molecule has 0 aromatic heterocycles. The van der Waals surface area contributed by atoms with Crippen LogP contribution in [0.1, 0.15) is 29.2 Å². The molecule has 3 nitrogen and oxygen atoms in total. The number of benzene rings is 1. The van der Waals surface area contributed by atoms with Gasteiger partial charge in [-0.2, -0.15) is 13.2 Å². The van der Waals surface area contributed by atoms with Crippen LogP contribution in [-0.4, -0.2) is 20.0 Å². The molecule has 20 heavy (non-hydrogen) atoms. The van der Waals surface area contributed by atoms with E-state index in [0.29, 0.717) is 0 Å². The van der Waals surface area contributed by atoms with Crippen LogP contribution >= 0.6 is 0 Å². The summed E-state index contributed by atoms with van der Waals surface area (Å²) in [4.78, 5) is 0. The highest BCUT2D eigenvalue weighted by Gasteiger charge is 2.46. The first-order valence-electron chi connectivity index (χ1n) is 6.09. The summed E-state index contributed by atoms with van der Waals surface area (Å²) in [6.07, 6.45) is 0.216. The predicted octanol–water partition coefficient (Wildman–Crippen LogP) is 2.98. The molecule has 0 aliphatic carbocycles. The Morgan fingerprint density at radius 1 is 1.15 bits per heavy atom. The Morgan fingerprint density at radius 3 is 2.00 bits per heavy atom. The van der Waals surface area contributed by atoms with Crippen molar-refractivity contribution in [1.82, 2.24) is 4.72 Å². The fraction of sp³-hybridized carbons (Fsp3) is 0.538. The Labute approximate surface area is 117 Å². The van der Waals surface area contributed by atoms with Gasteiger partial charge in [0.1, 0.15) is 0 Å². The molecule has 7 heteroatoms. The first kappa shape index (κ1) is 17.0. The van der Waals surface area contributed by atoms with E-state index in [1.807, 2.05) is 32.9 Å². The lowest BCUT2D eigenvalue weighted by atomic mass is 9.95. The van der Waals surface area contributed by atoms with Crippen LogP contribution in [0.2, 0.25) is 0 Å². The molecule has 1 aromatic carbocycles. The highest BCUT2D eigenvalue weighted by atomic mass is 32.2. The molecule has 0 fully saturated rings. The molecule has 114 valence electrons. The van der Waals surface area contributed by atoms with Gasteiger partial charge in [-0.3, -0.25) is 0 Å². The Kier molecular flexibility index (Phi) is 4.86. The van der Waals surface area contributed by atoms with E-state index >= 15 is 0 Å². The molecular formula is C13H18F3NO2S. The summed E-state index contributed by atoms with van der Waals surface area (Å²) in [6, 6.07) is 3.02. The lowest BCUT2D eigenvalue weighted by molar-refractivity contribution is -0.0450. The van der Waals surface area contributed by atoms with Crippen molar-refractivity contribution in [2.75, 3.05) is 0 Å². The number of hydrogen-bond donors (Lipinski definition) is 1. The van der Waals surface area contributed by atoms with Crippen molar-refractivity contribution >= 4 is 10.0 Å². The molecule has 0 saturated heterocycles. The number of rotatable bonds is 4. The minimum absolute atomic E-state index is 0.216. The van der Waals surface area contributed by atoms with Crippen molar-refractivity contribution in [2.24, 2.45) is 0 Å². The molecule has 1 rings (SSSR count). The minimum atomic E-state index is -5.30. The zero-order chi connectivity index (χ0) is 15.7. The summed E-state index contributed by atoms with van der Waals surface area (Å²) in [5, 5.41) is 0. The van der Waals surface area contributed by atoms with Crippen molar-refractivity contribution in [2.45, 2.75) is 45.7 Å². The van der Waals surface area contributed by atoms with Crippen molar-refractivity contribution in [1.29, 1.82) is 0 Å². The first-order chi connectivity index (χ1) is 8.94. The van der Waals surface area contributed by atoms with Gasteiger partial charge in [-0.1, -0.05) is 17.7 Å². The maximum atomic E-state index is 12.3. The molecule has 0 spiro atoms. The fourth-order valence-corrected chi connectivity index (χ4v) is 2.96. The van der Waals surface area contributed by atoms with E-state index in [0.717, 1.165) is 22.3 Å². The molecule has 1 aromatic rings. The number of hydrogen-bond acceptors (Lipinski definition) is 2. The van der Waals surface area contributed by atoms with Gasteiger partial charge in [-0.25, -0.2) is 13.1 Å². The molecule has 0 aliphatic heterocycles. The van der Waals surface area contributed by atoms with Gasteiger partial charge in [0.15, 0.2) is 0 Å². The second kappa shape index (κ2) is 5.73. The van der Waals surface area contributed by atoms with Crippen LogP contribution in [0.5, 0.6) is 0 Å². The van der Waals surface area contributed by atoms with Gasteiger partial charge >= 0.3 is 15.5 Å². The smallest absolute Gasteiger partial charge is 0.204 e. The molecule has 1 atom stereocenters. The highest BCUT2D eigenvalue weighted by molar-refractivity contribution is 7.90. The molecule has 1 N–H and O–H groups in total. The number of aryl methyl sites for hydroxylation is 3. The van der Waals surface area contributed by atoms with Gasteiger partial charge in [0, 0.05) is 6.04 Å². The van der Waals surface area contributed by atoms with Crippen LogP contribution in [0, 0.1) is 20.8 Å². The highest BCUT2D eigenvalue weighted by Crippen LogP contribution is 2.23. The molecule has 0 radical (unpaired) electrons. The zero-order valence-corrected chi connectivity index (χ0v) is 12.6. The average molecular weight is 309 g/mol. The van der Waals surface area contributed by atoms with Crippen molar-refractivity contribution in [3.8, 4) is 0 Å². The van der Waals surface area contributed by atoms with Gasteiger partial charge in [0.25, 0.3) is 0 Å². The standard InChI is InChI=1S/C13H18F3NO2S/c1-8-5-9(2)12(10(3)6-8)7-11(4)17-20(18,19)13(14,15)16/h5-6,11,17H,7H2,1-4H3. The average Bonchev–Trinajstić information content (AvgIpc) is 2.20. The molecule has 0 aliphatic rings. The lowest BCUT2D eigenvalue weighted by Gasteiger charge is -2.18. The second-order valence-electron chi connectivity index (χ2n) is 5.05. The van der Waals surface area contributed by atoms with Crippen LogP contribution in [0.15, 0.2) is 12.1 Å². The van der Waals surface area contributed by atoms with Gasteiger partial charge in [-0.15, -0.1) is 0 Å². The van der Waals surface area contributed by atoms with Crippen LogP contribution in [0.25, 0.3) is 0 Å². The predicted molar refractivity (Wildman–Crippen MR) is 71.9 cm³/mol. The SMILES string of the molecule is Cc1cc(C)c(CC(C)NS(=O)(=O)C(F)(F)F)c(C)c1. The maximum absolute atomic E-state index is 12.3. The van der Waals surface area contributed by atoms with E-state index < -0.39 is 21.6 Å². The Morgan fingerprint density at radius 2 is 1.60 bits per heavy atom. The number of alkyl halides is 3. The quantitative estimate of drug-likeness (QED) is 0.929. The summed E-state index contributed by atoms with van der Waals surface area (Å²) in [6.45, 7) is 7.07. The summed E-state index contributed by atoms with van der Waals surface area (Å²) in [5.74, 6) is 0. The van der Waals surface area contributed by atoms with Crippen LogP contribution < -0.4 is 4.72 Å². The minimum Gasteiger partial charge on any atom is -0.204 e. The van der Waals surface area contributed by atoms with E-state index in [-0.39, 0.29) is 6.42 Å². The van der Waals surface area contributed by atoms with Crippen LogP contribution in [-0.2, 0) is 16.4 Å². The number of halogens is 3. The molecule has 1 unspecified atom stereocenters. The molecular weight excluding hydrogens is 291 g/mol. The zero-order valence-electron chi connectivity index (χ0n) is 11.8. The molecule has 0 saturated carbocycles. The van der Waals surface area contributed by atoms with Gasteiger partial charge in [-0.05, 0) is 50.8 Å². The lowest BCUT2D eigenvalue weighted by Crippen LogP contribution is -2.42. The maximum Gasteiger partial charge on any atom is 0.511 e. The van der Waals surface area contributed by atoms with E-state index in [4.69, 9.17) is 0 Å². The topological polar surface area (TPSA) is 46.2 Å². The first-order valence-corrected chi connectivity index (χ1v) is 7.57. The van der Waals surface area contributed by atoms with Crippen molar-refractivity contribution in [3.63, 3.8) is 0 Å². The third kappa shape index (κ3) is 3.96. The Balaban J connectivity index is 2.91. The summed E-state index contributed by atoms with van der Waals surface area (Å²) in [5.41, 5.74) is -1.46. The number of sulfonamides is 1. The normalized spacial score (nSPS) is 14.3. The van der Waals surface area contributed by atoms with E-state index in [2.05, 4.69) is 0 Å². The Bertz CT molecular complexity index is 571. The third-order valence-corrected chi connectivity index (χ3v) is 4.33. The van der Waals surface area contributed by atoms with Gasteiger partial charge in [0.2, 0.25) is 0 Å². The van der Waals surface area contributed by atoms with Crippen molar-refractivity contribution < 1.29 is 21.6 Å². The Hall–Kier alpha value is -1.08. The summed E-state index contributed by atoms with van der Waals surface area (Å²) >= 11 is 0. The monoisotopic (exact) mass is 309 g/mol. The molecule has 0 heterocycles. The van der Waals surface area contributed by atoms with Crippen molar-refractivity contribution in [3.05, 3.63) is 34.4 Å². The van der Waals surface area contributed by atoms with Crippen LogP contribution in [0.4, 0.5) is 13.2 Å². The van der Waals surface area contributed by atoms with Crippen LogP contribution in [0.3, 0.4) is 0 Å². The third-order valence-electron chi connectivity index (χ3n) is 3.01. The number of nitrogens with one attached hydrogen (secondary N) is 1. The molecule has 0 amide bonds. The summed E-state index contributed by atoms with van der Waals surface area (Å²) in [7, 11) is -5.30.